The molecule has 19 heavy (non-hydrogen) atoms. The van der Waals surface area contributed by atoms with Gasteiger partial charge in [-0.2, -0.15) is 0 Å². The number of hydrogen-bond acceptors (Lipinski definition) is 3. The van der Waals surface area contributed by atoms with Crippen LogP contribution in [0.3, 0.4) is 0 Å². The van der Waals surface area contributed by atoms with Crippen molar-refractivity contribution in [3.63, 3.8) is 0 Å². The number of anilines is 1. The minimum Gasteiger partial charge on any atom is -0.494 e. The van der Waals surface area contributed by atoms with Crippen LogP contribution >= 0.6 is 11.6 Å². The molecule has 0 aliphatic heterocycles. The summed E-state index contributed by atoms with van der Waals surface area (Å²) in [7, 11) is 0. The van der Waals surface area contributed by atoms with Crippen molar-refractivity contribution in [2.45, 2.75) is 6.92 Å². The van der Waals surface area contributed by atoms with Crippen molar-refractivity contribution in [2.24, 2.45) is 0 Å². The molecule has 100 valence electrons. The fraction of sp³-hybridized carbons (Fsp3) is 0.143. The Morgan fingerprint density at radius 2 is 1.95 bits per heavy atom. The molecule has 0 atom stereocenters. The van der Waals surface area contributed by atoms with Crippen molar-refractivity contribution in [3.05, 3.63) is 47.2 Å². The van der Waals surface area contributed by atoms with Crippen LogP contribution in [-0.2, 0) is 0 Å². The van der Waals surface area contributed by atoms with Gasteiger partial charge in [-0.05, 0) is 25.1 Å². The second-order valence-corrected chi connectivity index (χ2v) is 4.22. The Morgan fingerprint density at radius 3 is 2.68 bits per heavy atom. The number of nitrogens with two attached hydrogens (primary N) is 1. The number of ether oxygens (including phenoxy) is 2. The van der Waals surface area contributed by atoms with Crippen LogP contribution in [0.1, 0.15) is 6.92 Å². The van der Waals surface area contributed by atoms with Gasteiger partial charge in [0, 0.05) is 12.1 Å². The van der Waals surface area contributed by atoms with E-state index in [-0.39, 0.29) is 16.5 Å². The van der Waals surface area contributed by atoms with E-state index in [1.165, 1.54) is 6.07 Å². The second kappa shape index (κ2) is 5.80. The summed E-state index contributed by atoms with van der Waals surface area (Å²) in [5.41, 5.74) is 6.00. The molecule has 2 N–H and O–H groups in total. The summed E-state index contributed by atoms with van der Waals surface area (Å²) in [4.78, 5) is 0. The molecule has 0 spiro atoms. The molecule has 0 aliphatic rings. The number of benzene rings is 2. The predicted molar refractivity (Wildman–Crippen MR) is 73.5 cm³/mol. The minimum atomic E-state index is -0.577. The van der Waals surface area contributed by atoms with E-state index < -0.39 is 5.82 Å². The van der Waals surface area contributed by atoms with E-state index >= 15 is 0 Å². The van der Waals surface area contributed by atoms with E-state index in [2.05, 4.69) is 0 Å². The van der Waals surface area contributed by atoms with Crippen molar-refractivity contribution in [1.29, 1.82) is 0 Å². The summed E-state index contributed by atoms with van der Waals surface area (Å²) in [5, 5.41) is -0.0343. The fourth-order valence-electron chi connectivity index (χ4n) is 1.55. The summed E-state index contributed by atoms with van der Waals surface area (Å²) in [6.07, 6.45) is 0. The Balaban J connectivity index is 2.25. The molecule has 0 amide bonds. The summed E-state index contributed by atoms with van der Waals surface area (Å²) in [5.74, 6) is 0.828. The Morgan fingerprint density at radius 1 is 1.21 bits per heavy atom. The largest absolute Gasteiger partial charge is 0.494 e. The Hall–Kier alpha value is -1.94. The molecule has 2 rings (SSSR count). The van der Waals surface area contributed by atoms with E-state index in [1.807, 2.05) is 13.0 Å². The molecule has 0 heterocycles. The fourth-order valence-corrected chi connectivity index (χ4v) is 1.73. The van der Waals surface area contributed by atoms with Gasteiger partial charge in [-0.1, -0.05) is 17.7 Å². The number of hydrogen-bond donors (Lipinski definition) is 1. The molecular weight excluding hydrogens is 269 g/mol. The lowest BCUT2D eigenvalue weighted by Gasteiger charge is -2.10. The summed E-state index contributed by atoms with van der Waals surface area (Å²) in [6, 6.07) is 9.50. The van der Waals surface area contributed by atoms with Crippen LogP contribution in [0.4, 0.5) is 10.1 Å². The summed E-state index contributed by atoms with van der Waals surface area (Å²) < 4.78 is 24.2. The highest BCUT2D eigenvalue weighted by atomic mass is 35.5. The second-order valence-electron chi connectivity index (χ2n) is 3.81. The van der Waals surface area contributed by atoms with E-state index in [4.69, 9.17) is 26.8 Å². The van der Waals surface area contributed by atoms with E-state index in [9.17, 15) is 4.39 Å². The number of rotatable bonds is 4. The van der Waals surface area contributed by atoms with Crippen LogP contribution in [-0.4, -0.2) is 6.61 Å². The van der Waals surface area contributed by atoms with Crippen LogP contribution in [0.15, 0.2) is 36.4 Å². The zero-order valence-electron chi connectivity index (χ0n) is 10.3. The van der Waals surface area contributed by atoms with E-state index in [1.54, 1.807) is 18.2 Å². The maximum atomic E-state index is 13.4. The van der Waals surface area contributed by atoms with E-state index in [0.717, 1.165) is 6.07 Å². The van der Waals surface area contributed by atoms with Crippen LogP contribution in [0.25, 0.3) is 0 Å². The first-order valence-corrected chi connectivity index (χ1v) is 6.13. The first kappa shape index (κ1) is 13.5. The number of halogens is 2. The van der Waals surface area contributed by atoms with Crippen LogP contribution in [0.2, 0.25) is 5.02 Å². The first-order valence-electron chi connectivity index (χ1n) is 5.75. The van der Waals surface area contributed by atoms with Gasteiger partial charge in [0.2, 0.25) is 0 Å². The quantitative estimate of drug-likeness (QED) is 0.852. The van der Waals surface area contributed by atoms with Crippen molar-refractivity contribution >= 4 is 17.3 Å². The molecule has 0 saturated carbocycles. The van der Waals surface area contributed by atoms with Gasteiger partial charge in [-0.15, -0.1) is 0 Å². The van der Waals surface area contributed by atoms with Crippen molar-refractivity contribution in [1.82, 2.24) is 0 Å². The Bertz CT molecular complexity index is 590. The SMILES string of the molecule is CCOc1cccc(Oc2cc(F)c(Cl)cc2N)c1. The molecule has 3 nitrogen and oxygen atoms in total. The third-order valence-corrected chi connectivity index (χ3v) is 2.69. The molecule has 0 radical (unpaired) electrons. The van der Waals surface area contributed by atoms with Gasteiger partial charge in [0.25, 0.3) is 0 Å². The van der Waals surface area contributed by atoms with Gasteiger partial charge < -0.3 is 15.2 Å². The third-order valence-electron chi connectivity index (χ3n) is 2.40. The first-order chi connectivity index (χ1) is 9.10. The molecule has 0 saturated heterocycles. The normalized spacial score (nSPS) is 10.3. The predicted octanol–water partition coefficient (Wildman–Crippen LogP) is 4.25. The Kier molecular flexibility index (Phi) is 4.12. The molecule has 0 aromatic heterocycles. The lowest BCUT2D eigenvalue weighted by molar-refractivity contribution is 0.338. The standard InChI is InChI=1S/C14H13ClFNO2/c1-2-18-9-4-3-5-10(6-9)19-14-8-12(16)11(15)7-13(14)17/h3-8H,2,17H2,1H3. The van der Waals surface area contributed by atoms with Gasteiger partial charge in [-0.25, -0.2) is 4.39 Å². The molecule has 0 fully saturated rings. The maximum Gasteiger partial charge on any atom is 0.153 e. The van der Waals surface area contributed by atoms with Gasteiger partial charge in [0.15, 0.2) is 5.75 Å². The third kappa shape index (κ3) is 3.29. The van der Waals surface area contributed by atoms with Crippen molar-refractivity contribution in [3.8, 4) is 17.2 Å². The molecule has 0 aliphatic carbocycles. The molecule has 2 aromatic carbocycles. The molecule has 0 unspecified atom stereocenters. The van der Waals surface area contributed by atoms with Gasteiger partial charge in [0.05, 0.1) is 17.3 Å². The highest BCUT2D eigenvalue weighted by molar-refractivity contribution is 6.31. The highest BCUT2D eigenvalue weighted by Gasteiger charge is 2.08. The summed E-state index contributed by atoms with van der Waals surface area (Å²) in [6.45, 7) is 2.45. The Labute approximate surface area is 115 Å². The number of nitrogen functional groups attached to an aromatic ring is 1. The molecule has 2 aromatic rings. The average molecular weight is 282 g/mol. The van der Waals surface area contributed by atoms with Crippen molar-refractivity contribution in [2.75, 3.05) is 12.3 Å². The summed E-state index contributed by atoms with van der Waals surface area (Å²) >= 11 is 5.62. The van der Waals surface area contributed by atoms with Gasteiger partial charge in [-0.3, -0.25) is 0 Å². The van der Waals surface area contributed by atoms with Crippen LogP contribution in [0, 0.1) is 5.82 Å². The maximum absolute atomic E-state index is 13.4. The van der Waals surface area contributed by atoms with Gasteiger partial charge in [0.1, 0.15) is 17.3 Å². The molecule has 5 heteroatoms. The van der Waals surface area contributed by atoms with Crippen molar-refractivity contribution < 1.29 is 13.9 Å². The monoisotopic (exact) mass is 281 g/mol. The molecule has 0 bridgehead atoms. The topological polar surface area (TPSA) is 44.5 Å². The zero-order valence-corrected chi connectivity index (χ0v) is 11.1. The lowest BCUT2D eigenvalue weighted by Crippen LogP contribution is -1.95. The highest BCUT2D eigenvalue weighted by Crippen LogP contribution is 2.32. The minimum absolute atomic E-state index is 0.0343. The van der Waals surface area contributed by atoms with Gasteiger partial charge >= 0.3 is 0 Å². The van der Waals surface area contributed by atoms with Crippen LogP contribution in [0.5, 0.6) is 17.2 Å². The zero-order chi connectivity index (χ0) is 13.8. The molecular formula is C14H13ClFNO2. The smallest absolute Gasteiger partial charge is 0.153 e. The van der Waals surface area contributed by atoms with E-state index in [0.29, 0.717) is 18.1 Å². The van der Waals surface area contributed by atoms with Crippen LogP contribution < -0.4 is 15.2 Å². The lowest BCUT2D eigenvalue weighted by atomic mass is 10.3. The average Bonchev–Trinajstić information content (AvgIpc) is 2.37.